The Morgan fingerprint density at radius 1 is 0.956 bits per heavy atom. The van der Waals surface area contributed by atoms with Gasteiger partial charge in [0.25, 0.3) is 0 Å². The first-order valence-electron chi connectivity index (χ1n) is 14.7. The molecule has 0 unspecified atom stereocenters. The molecule has 11 nitrogen and oxygen atoms in total. The third-order valence-corrected chi connectivity index (χ3v) is 7.90. The van der Waals surface area contributed by atoms with Crippen LogP contribution in [0.5, 0.6) is 0 Å². The summed E-state index contributed by atoms with van der Waals surface area (Å²) in [5.41, 5.74) is 8.26. The summed E-state index contributed by atoms with van der Waals surface area (Å²) in [6.07, 6.45) is 5.74. The van der Waals surface area contributed by atoms with Crippen LogP contribution in [0.3, 0.4) is 0 Å². The van der Waals surface area contributed by atoms with Crippen molar-refractivity contribution in [1.82, 2.24) is 25.8 Å². The average Bonchev–Trinajstić information content (AvgIpc) is 3.35. The highest BCUT2D eigenvalue weighted by molar-refractivity contribution is 8.00. The molecule has 45 heavy (non-hydrogen) atoms. The maximum absolute atomic E-state index is 13.5. The van der Waals surface area contributed by atoms with Gasteiger partial charge in [-0.1, -0.05) is 36.9 Å². The van der Waals surface area contributed by atoms with Gasteiger partial charge in [0.2, 0.25) is 17.7 Å². The summed E-state index contributed by atoms with van der Waals surface area (Å²) in [5.74, 6) is -0.742. The number of amides is 4. The van der Waals surface area contributed by atoms with Crippen LogP contribution < -0.4 is 27.0 Å². The number of alkyl carbamates (subject to hydrolysis) is 1. The van der Waals surface area contributed by atoms with Gasteiger partial charge in [-0.2, -0.15) is 0 Å². The molecule has 0 bridgehead atoms. The van der Waals surface area contributed by atoms with Crippen LogP contribution in [-0.4, -0.2) is 65.9 Å². The number of carbonyl (C=O) groups excluding carboxylic acids is 4. The molecule has 6 N–H and O–H groups in total. The number of aryl methyl sites for hydroxylation is 1. The van der Waals surface area contributed by atoms with E-state index in [0.29, 0.717) is 25.1 Å². The Hall–Kier alpha value is -4.71. The largest absolute Gasteiger partial charge is 0.445 e. The molecule has 1 aromatic heterocycles. The van der Waals surface area contributed by atoms with Crippen molar-refractivity contribution in [3.8, 4) is 0 Å². The maximum atomic E-state index is 13.5. The van der Waals surface area contributed by atoms with Gasteiger partial charge in [-0.05, 0) is 55.2 Å². The number of para-hydroxylation sites is 1. The zero-order chi connectivity index (χ0) is 32.6. The topological polar surface area (TPSA) is 157 Å². The van der Waals surface area contributed by atoms with Crippen molar-refractivity contribution in [2.45, 2.75) is 42.7 Å². The number of anilines is 1. The van der Waals surface area contributed by atoms with Gasteiger partial charge in [0.05, 0.1) is 5.75 Å². The van der Waals surface area contributed by atoms with E-state index in [4.69, 9.17) is 10.5 Å². The van der Waals surface area contributed by atoms with Gasteiger partial charge in [-0.15, -0.1) is 18.3 Å². The van der Waals surface area contributed by atoms with E-state index in [9.17, 15) is 19.2 Å². The molecule has 0 radical (unpaired) electrons. The first-order valence-corrected chi connectivity index (χ1v) is 15.7. The standard InChI is InChI=1S/C33H42N6O5S/c1-4-17-36-31(41)28(20-23-21-39(3)29-12-7-6-10-26(23)29)37-32(42)27(38-33(43)44-19-5-2)11-8-9-18-35-30(40)22-45-25-15-13-24(34)14-16-25/h4-7,10,12-16,21,27-28H,1-2,8-9,11,17-20,22,34H2,3H3,(H,35,40)(H,36,41)(H,37,42)(H,38,43)/t27-,28-/m0/s1. The number of nitrogen functional groups attached to an aromatic ring is 1. The van der Waals surface area contributed by atoms with Crippen LogP contribution in [0.25, 0.3) is 10.9 Å². The Morgan fingerprint density at radius 2 is 1.71 bits per heavy atom. The SMILES string of the molecule is C=CCNC(=O)[C@H](Cc1cn(C)c2ccccc12)NC(=O)[C@H](CCCCNC(=O)CSc1ccc(N)cc1)NC(=O)OCC=C. The Morgan fingerprint density at radius 3 is 2.44 bits per heavy atom. The van der Waals surface area contributed by atoms with Gasteiger partial charge in [0.15, 0.2) is 0 Å². The molecule has 0 aliphatic rings. The third-order valence-electron chi connectivity index (χ3n) is 6.89. The second-order valence-corrected chi connectivity index (χ2v) is 11.4. The number of fused-ring (bicyclic) bond motifs is 1. The Kier molecular flexibility index (Phi) is 14.0. The van der Waals surface area contributed by atoms with Crippen LogP contribution in [0.15, 0.2) is 84.9 Å². The number of ether oxygens (including phenoxy) is 1. The Bertz CT molecular complexity index is 1470. The molecule has 12 heteroatoms. The van der Waals surface area contributed by atoms with Crippen LogP contribution in [0.2, 0.25) is 0 Å². The normalized spacial score (nSPS) is 12.0. The van der Waals surface area contributed by atoms with E-state index in [2.05, 4.69) is 34.4 Å². The molecule has 4 amide bonds. The number of nitrogens with zero attached hydrogens (tertiary/aromatic N) is 1. The molecule has 0 aliphatic carbocycles. The van der Waals surface area contributed by atoms with Crippen LogP contribution in [0.4, 0.5) is 10.5 Å². The van der Waals surface area contributed by atoms with Crippen LogP contribution in [-0.2, 0) is 32.6 Å². The van der Waals surface area contributed by atoms with Crippen LogP contribution >= 0.6 is 11.8 Å². The van der Waals surface area contributed by atoms with E-state index in [1.807, 2.05) is 54.2 Å². The van der Waals surface area contributed by atoms with Crippen molar-refractivity contribution in [3.05, 3.63) is 85.6 Å². The monoisotopic (exact) mass is 634 g/mol. The number of nitrogens with two attached hydrogens (primary N) is 1. The molecular weight excluding hydrogens is 592 g/mol. The second kappa shape index (κ2) is 18.2. The number of aromatic nitrogens is 1. The van der Waals surface area contributed by atoms with Crippen molar-refractivity contribution in [1.29, 1.82) is 0 Å². The van der Waals surface area contributed by atoms with Crippen molar-refractivity contribution in [2.75, 3.05) is 31.2 Å². The molecule has 0 spiro atoms. The number of thioether (sulfide) groups is 1. The van der Waals surface area contributed by atoms with Crippen molar-refractivity contribution >= 4 is 52.2 Å². The molecule has 3 rings (SSSR count). The highest BCUT2D eigenvalue weighted by Gasteiger charge is 2.28. The minimum atomic E-state index is -0.971. The molecule has 2 aromatic carbocycles. The Balaban J connectivity index is 1.61. The predicted octanol–water partition coefficient (Wildman–Crippen LogP) is 3.45. The number of nitrogens with one attached hydrogen (secondary N) is 4. The lowest BCUT2D eigenvalue weighted by Crippen LogP contribution is -2.54. The molecule has 2 atom stereocenters. The number of carbonyl (C=O) groups is 4. The number of benzene rings is 2. The molecule has 3 aromatic rings. The smallest absolute Gasteiger partial charge is 0.408 e. The zero-order valence-corrected chi connectivity index (χ0v) is 26.4. The first kappa shape index (κ1) is 34.8. The van der Waals surface area contributed by atoms with E-state index in [1.165, 1.54) is 17.8 Å². The van der Waals surface area contributed by atoms with Crippen LogP contribution in [0, 0.1) is 0 Å². The van der Waals surface area contributed by atoms with Gasteiger partial charge in [-0.25, -0.2) is 4.79 Å². The highest BCUT2D eigenvalue weighted by Crippen LogP contribution is 2.22. The number of hydrogen-bond acceptors (Lipinski definition) is 7. The summed E-state index contributed by atoms with van der Waals surface area (Å²) in [6, 6.07) is 13.2. The average molecular weight is 635 g/mol. The molecule has 1 heterocycles. The number of unbranched alkanes of at least 4 members (excludes halogenated alkanes) is 1. The molecule has 0 saturated heterocycles. The zero-order valence-electron chi connectivity index (χ0n) is 25.6. The van der Waals surface area contributed by atoms with Gasteiger partial charge < -0.3 is 36.3 Å². The van der Waals surface area contributed by atoms with Gasteiger partial charge >= 0.3 is 6.09 Å². The minimum absolute atomic E-state index is 0.0196. The highest BCUT2D eigenvalue weighted by atomic mass is 32.2. The van der Waals surface area contributed by atoms with E-state index in [-0.39, 0.29) is 43.6 Å². The lowest BCUT2D eigenvalue weighted by molar-refractivity contribution is -0.130. The molecule has 240 valence electrons. The van der Waals surface area contributed by atoms with Gasteiger partial charge in [0.1, 0.15) is 18.7 Å². The van der Waals surface area contributed by atoms with Crippen LogP contribution in [0.1, 0.15) is 24.8 Å². The van der Waals surface area contributed by atoms with E-state index in [1.54, 1.807) is 18.2 Å². The number of hydrogen-bond donors (Lipinski definition) is 5. The van der Waals surface area contributed by atoms with E-state index >= 15 is 0 Å². The lowest BCUT2D eigenvalue weighted by Gasteiger charge is -2.23. The molecular formula is C33H42N6O5S. The summed E-state index contributed by atoms with van der Waals surface area (Å²) >= 11 is 1.41. The lowest BCUT2D eigenvalue weighted by atomic mass is 10.0. The summed E-state index contributed by atoms with van der Waals surface area (Å²) < 4.78 is 7.02. The number of rotatable bonds is 18. The summed E-state index contributed by atoms with van der Waals surface area (Å²) in [6.45, 7) is 7.80. The van der Waals surface area contributed by atoms with E-state index in [0.717, 1.165) is 21.4 Å². The fraction of sp³-hybridized carbons (Fsp3) is 0.333. The Labute approximate surface area is 268 Å². The fourth-order valence-corrected chi connectivity index (χ4v) is 5.37. The first-order chi connectivity index (χ1) is 21.7. The van der Waals surface area contributed by atoms with Gasteiger partial charge in [0, 0.05) is 54.2 Å². The predicted molar refractivity (Wildman–Crippen MR) is 179 cm³/mol. The van der Waals surface area contributed by atoms with Crippen molar-refractivity contribution < 1.29 is 23.9 Å². The molecule has 0 fully saturated rings. The summed E-state index contributed by atoms with van der Waals surface area (Å²) in [4.78, 5) is 52.3. The second-order valence-electron chi connectivity index (χ2n) is 10.4. The van der Waals surface area contributed by atoms with Crippen molar-refractivity contribution in [2.24, 2.45) is 7.05 Å². The summed E-state index contributed by atoms with van der Waals surface area (Å²) in [5, 5.41) is 12.1. The summed E-state index contributed by atoms with van der Waals surface area (Å²) in [7, 11) is 1.92. The molecule has 0 saturated carbocycles. The van der Waals surface area contributed by atoms with Gasteiger partial charge in [-0.3, -0.25) is 14.4 Å². The quantitative estimate of drug-likeness (QED) is 0.0621. The fourth-order valence-electron chi connectivity index (χ4n) is 4.64. The van der Waals surface area contributed by atoms with Crippen molar-refractivity contribution in [3.63, 3.8) is 0 Å². The minimum Gasteiger partial charge on any atom is -0.445 e. The maximum Gasteiger partial charge on any atom is 0.408 e. The third kappa shape index (κ3) is 11.4. The molecule has 0 aliphatic heterocycles. The van der Waals surface area contributed by atoms with E-state index < -0.39 is 24.1 Å².